The van der Waals surface area contributed by atoms with E-state index in [0.717, 1.165) is 13.0 Å². The van der Waals surface area contributed by atoms with Crippen LogP contribution in [-0.4, -0.2) is 42.6 Å². The van der Waals surface area contributed by atoms with Gasteiger partial charge in [-0.1, -0.05) is 6.92 Å². The lowest BCUT2D eigenvalue weighted by Gasteiger charge is -2.36. The Balaban J connectivity index is 0.00000196. The maximum atomic E-state index is 11.6. The molecular weight excluding hydrogens is 216 g/mol. The fourth-order valence-corrected chi connectivity index (χ4v) is 1.76. The van der Waals surface area contributed by atoms with Crippen LogP contribution in [0.25, 0.3) is 0 Å². The lowest BCUT2D eigenvalue weighted by atomic mass is 10.1. The zero-order valence-corrected chi connectivity index (χ0v) is 10.3. The normalized spacial score (nSPS) is 25.9. The van der Waals surface area contributed by atoms with Gasteiger partial charge in [0.25, 0.3) is 0 Å². The Morgan fingerprint density at radius 3 is 2.73 bits per heavy atom. The Kier molecular flexibility index (Phi) is 6.89. The first kappa shape index (κ1) is 14.7. The molecular formula is C10H21ClN2O2. The van der Waals surface area contributed by atoms with Crippen molar-refractivity contribution in [2.75, 3.05) is 19.6 Å². The van der Waals surface area contributed by atoms with E-state index in [0.29, 0.717) is 19.5 Å². The molecule has 2 unspecified atom stereocenters. The Morgan fingerprint density at radius 2 is 2.20 bits per heavy atom. The molecule has 5 heteroatoms. The predicted molar refractivity (Wildman–Crippen MR) is 62.1 cm³/mol. The summed E-state index contributed by atoms with van der Waals surface area (Å²) in [6.45, 7) is 5.94. The minimum Gasteiger partial charge on any atom is -0.372 e. The van der Waals surface area contributed by atoms with Gasteiger partial charge in [-0.2, -0.15) is 0 Å². The second-order valence-corrected chi connectivity index (χ2v) is 3.81. The number of carbonyl (C=O) groups excluding carboxylic acids is 1. The summed E-state index contributed by atoms with van der Waals surface area (Å²) in [5, 5.41) is 0. The summed E-state index contributed by atoms with van der Waals surface area (Å²) in [5.74, 6) is 0.154. The quantitative estimate of drug-likeness (QED) is 0.788. The number of rotatable bonds is 3. The van der Waals surface area contributed by atoms with Gasteiger partial charge in [0.2, 0.25) is 5.91 Å². The van der Waals surface area contributed by atoms with E-state index >= 15 is 0 Å². The summed E-state index contributed by atoms with van der Waals surface area (Å²) >= 11 is 0. The molecule has 1 amide bonds. The van der Waals surface area contributed by atoms with Crippen LogP contribution in [0, 0.1) is 0 Å². The first-order valence-electron chi connectivity index (χ1n) is 5.30. The fraction of sp³-hybridized carbons (Fsp3) is 0.900. The van der Waals surface area contributed by atoms with E-state index in [2.05, 4.69) is 6.92 Å². The van der Waals surface area contributed by atoms with Gasteiger partial charge < -0.3 is 15.4 Å². The summed E-state index contributed by atoms with van der Waals surface area (Å²) in [4.78, 5) is 13.5. The maximum absolute atomic E-state index is 11.6. The highest BCUT2D eigenvalue weighted by Gasteiger charge is 2.26. The molecule has 1 heterocycles. The Morgan fingerprint density at radius 1 is 1.53 bits per heavy atom. The van der Waals surface area contributed by atoms with Gasteiger partial charge in [0.05, 0.1) is 12.2 Å². The first-order valence-corrected chi connectivity index (χ1v) is 5.30. The molecule has 1 aliphatic rings. The van der Waals surface area contributed by atoms with Crippen molar-refractivity contribution in [1.29, 1.82) is 0 Å². The van der Waals surface area contributed by atoms with Gasteiger partial charge in [-0.25, -0.2) is 0 Å². The summed E-state index contributed by atoms with van der Waals surface area (Å²) in [7, 11) is 0. The lowest BCUT2D eigenvalue weighted by Crippen LogP contribution is -2.49. The number of nitrogens with two attached hydrogens (primary N) is 1. The largest absolute Gasteiger partial charge is 0.372 e. The van der Waals surface area contributed by atoms with E-state index in [1.807, 2.05) is 11.8 Å². The van der Waals surface area contributed by atoms with Crippen LogP contribution < -0.4 is 5.73 Å². The number of hydrogen-bond donors (Lipinski definition) is 1. The van der Waals surface area contributed by atoms with Gasteiger partial charge in [0.15, 0.2) is 0 Å². The van der Waals surface area contributed by atoms with Crippen molar-refractivity contribution >= 4 is 18.3 Å². The van der Waals surface area contributed by atoms with Crippen molar-refractivity contribution in [3.63, 3.8) is 0 Å². The lowest BCUT2D eigenvalue weighted by molar-refractivity contribution is -0.144. The Bertz CT molecular complexity index is 202. The smallest absolute Gasteiger partial charge is 0.224 e. The summed E-state index contributed by atoms with van der Waals surface area (Å²) < 4.78 is 5.67. The maximum Gasteiger partial charge on any atom is 0.224 e. The number of carbonyl (C=O) groups is 1. The van der Waals surface area contributed by atoms with Crippen molar-refractivity contribution in [3.05, 3.63) is 0 Å². The standard InChI is InChI=1S/C10H20N2O2.ClH/c1-3-9-7-12(6-8(2)14-9)10(13)4-5-11;/h8-9H,3-7,11H2,1-2H3;1H. The van der Waals surface area contributed by atoms with Crippen molar-refractivity contribution in [1.82, 2.24) is 4.90 Å². The van der Waals surface area contributed by atoms with Gasteiger partial charge in [-0.05, 0) is 13.3 Å². The average Bonchev–Trinajstić information content (AvgIpc) is 2.17. The van der Waals surface area contributed by atoms with Crippen LogP contribution in [0.1, 0.15) is 26.7 Å². The first-order chi connectivity index (χ1) is 6.67. The van der Waals surface area contributed by atoms with Gasteiger partial charge >= 0.3 is 0 Å². The highest BCUT2D eigenvalue weighted by Crippen LogP contribution is 2.14. The zero-order valence-electron chi connectivity index (χ0n) is 9.44. The average molecular weight is 237 g/mol. The van der Waals surface area contributed by atoms with Crippen LogP contribution >= 0.6 is 12.4 Å². The molecule has 0 radical (unpaired) electrons. The monoisotopic (exact) mass is 236 g/mol. The topological polar surface area (TPSA) is 55.6 Å². The van der Waals surface area contributed by atoms with Crippen LogP contribution in [0.3, 0.4) is 0 Å². The van der Waals surface area contributed by atoms with E-state index in [9.17, 15) is 4.79 Å². The molecule has 2 N–H and O–H groups in total. The van der Waals surface area contributed by atoms with Crippen LogP contribution in [0.15, 0.2) is 0 Å². The summed E-state index contributed by atoms with van der Waals surface area (Å²) in [6, 6.07) is 0. The van der Waals surface area contributed by atoms with Crippen LogP contribution in [0.2, 0.25) is 0 Å². The number of halogens is 1. The number of hydrogen-bond acceptors (Lipinski definition) is 3. The molecule has 2 atom stereocenters. The minimum atomic E-state index is 0. The molecule has 0 saturated carbocycles. The highest BCUT2D eigenvalue weighted by atomic mass is 35.5. The highest BCUT2D eigenvalue weighted by molar-refractivity contribution is 5.85. The van der Waals surface area contributed by atoms with Gasteiger partial charge in [-0.15, -0.1) is 12.4 Å². The second-order valence-electron chi connectivity index (χ2n) is 3.81. The van der Waals surface area contributed by atoms with E-state index in [1.54, 1.807) is 0 Å². The molecule has 1 fully saturated rings. The van der Waals surface area contributed by atoms with Gasteiger partial charge in [0.1, 0.15) is 0 Å². The molecule has 0 aromatic rings. The molecule has 1 saturated heterocycles. The Labute approximate surface area is 97.5 Å². The molecule has 0 aromatic heterocycles. The predicted octanol–water partition coefficient (Wildman–Crippen LogP) is 0.783. The SMILES string of the molecule is CCC1CN(C(=O)CCN)CC(C)O1.Cl. The third kappa shape index (κ3) is 4.36. The van der Waals surface area contributed by atoms with Crippen molar-refractivity contribution < 1.29 is 9.53 Å². The van der Waals surface area contributed by atoms with Crippen LogP contribution in [0.5, 0.6) is 0 Å². The fourth-order valence-electron chi connectivity index (χ4n) is 1.76. The second kappa shape index (κ2) is 7.04. The van der Waals surface area contributed by atoms with E-state index in [4.69, 9.17) is 10.5 Å². The van der Waals surface area contributed by atoms with Crippen molar-refractivity contribution in [3.8, 4) is 0 Å². The summed E-state index contributed by atoms with van der Waals surface area (Å²) in [6.07, 6.45) is 1.75. The minimum absolute atomic E-state index is 0. The van der Waals surface area contributed by atoms with E-state index in [1.165, 1.54) is 0 Å². The van der Waals surface area contributed by atoms with Crippen LogP contribution in [-0.2, 0) is 9.53 Å². The zero-order chi connectivity index (χ0) is 10.6. The molecule has 0 bridgehead atoms. The molecule has 0 aromatic carbocycles. The number of morpholine rings is 1. The molecule has 4 nitrogen and oxygen atoms in total. The number of nitrogens with zero attached hydrogens (tertiary/aromatic N) is 1. The third-order valence-electron chi connectivity index (χ3n) is 2.49. The van der Waals surface area contributed by atoms with Crippen molar-refractivity contribution in [2.24, 2.45) is 5.73 Å². The third-order valence-corrected chi connectivity index (χ3v) is 2.49. The van der Waals surface area contributed by atoms with E-state index < -0.39 is 0 Å². The molecule has 1 rings (SSSR count). The molecule has 0 aliphatic carbocycles. The molecule has 0 spiro atoms. The summed E-state index contributed by atoms with van der Waals surface area (Å²) in [5.41, 5.74) is 5.36. The molecule has 90 valence electrons. The number of ether oxygens (including phenoxy) is 1. The van der Waals surface area contributed by atoms with Gasteiger partial charge in [0, 0.05) is 26.1 Å². The van der Waals surface area contributed by atoms with E-state index in [-0.39, 0.29) is 30.5 Å². The number of amides is 1. The molecule has 1 aliphatic heterocycles. The van der Waals surface area contributed by atoms with Crippen molar-refractivity contribution in [2.45, 2.75) is 38.9 Å². The Hall–Kier alpha value is -0.320. The van der Waals surface area contributed by atoms with Gasteiger partial charge in [-0.3, -0.25) is 4.79 Å². The van der Waals surface area contributed by atoms with Crippen LogP contribution in [0.4, 0.5) is 0 Å². The molecule has 15 heavy (non-hydrogen) atoms.